The van der Waals surface area contributed by atoms with Crippen molar-refractivity contribution in [3.05, 3.63) is 47.3 Å². The van der Waals surface area contributed by atoms with Crippen LogP contribution in [0.15, 0.2) is 30.5 Å². The Hall–Kier alpha value is -2.83. The largest absolute Gasteiger partial charge is 0.507 e. The lowest BCUT2D eigenvalue weighted by molar-refractivity contribution is -0.125. The molecule has 1 aromatic heterocycles. The number of H-pyrrole nitrogens is 1. The van der Waals surface area contributed by atoms with Gasteiger partial charge in [0.05, 0.1) is 11.8 Å². The Labute approximate surface area is 170 Å². The van der Waals surface area contributed by atoms with E-state index in [1.54, 1.807) is 24.3 Å². The molecule has 1 fully saturated rings. The van der Waals surface area contributed by atoms with Gasteiger partial charge in [-0.05, 0) is 62.6 Å². The van der Waals surface area contributed by atoms with E-state index >= 15 is 0 Å². The number of aromatic amines is 1. The van der Waals surface area contributed by atoms with E-state index in [2.05, 4.69) is 15.5 Å². The highest BCUT2D eigenvalue weighted by atomic mass is 16.3. The van der Waals surface area contributed by atoms with Gasteiger partial charge in [0.2, 0.25) is 5.91 Å². The van der Waals surface area contributed by atoms with E-state index in [9.17, 15) is 14.7 Å². The van der Waals surface area contributed by atoms with Gasteiger partial charge in [0.15, 0.2) is 0 Å². The molecule has 1 saturated heterocycles. The van der Waals surface area contributed by atoms with Gasteiger partial charge < -0.3 is 15.3 Å². The van der Waals surface area contributed by atoms with Crippen LogP contribution in [-0.2, 0) is 17.6 Å². The fourth-order valence-corrected chi connectivity index (χ4v) is 4.52. The highest BCUT2D eigenvalue weighted by Crippen LogP contribution is 2.26. The number of aromatic nitrogens is 2. The molecule has 1 aliphatic heterocycles. The first-order valence-electron chi connectivity index (χ1n) is 10.5. The molecule has 2 unspecified atom stereocenters. The van der Waals surface area contributed by atoms with Gasteiger partial charge in [-0.25, -0.2) is 0 Å². The minimum absolute atomic E-state index is 0.00884. The van der Waals surface area contributed by atoms with Crippen molar-refractivity contribution in [1.82, 2.24) is 20.4 Å². The molecule has 1 aromatic carbocycles. The number of amides is 2. The molecule has 7 heteroatoms. The van der Waals surface area contributed by atoms with Gasteiger partial charge in [-0.2, -0.15) is 5.10 Å². The zero-order valence-corrected chi connectivity index (χ0v) is 16.6. The lowest BCUT2D eigenvalue weighted by atomic mass is 9.87. The van der Waals surface area contributed by atoms with Gasteiger partial charge in [-0.1, -0.05) is 12.1 Å². The molecule has 7 nitrogen and oxygen atoms in total. The number of likely N-dealkylation sites (tertiary alicyclic amines) is 1. The Morgan fingerprint density at radius 3 is 2.97 bits per heavy atom. The molecule has 4 rings (SSSR count). The number of hydrogen-bond donors (Lipinski definition) is 3. The number of piperidine rings is 1. The fourth-order valence-electron chi connectivity index (χ4n) is 4.52. The third kappa shape index (κ3) is 4.28. The van der Waals surface area contributed by atoms with Crippen LogP contribution in [0.4, 0.5) is 0 Å². The maximum atomic E-state index is 12.9. The molecule has 1 aliphatic carbocycles. The molecule has 2 atom stereocenters. The Bertz CT molecular complexity index is 878. The van der Waals surface area contributed by atoms with Crippen molar-refractivity contribution in [1.29, 1.82) is 0 Å². The minimum atomic E-state index is -0.126. The first-order chi connectivity index (χ1) is 14.1. The van der Waals surface area contributed by atoms with E-state index in [4.69, 9.17) is 0 Å². The summed E-state index contributed by atoms with van der Waals surface area (Å²) >= 11 is 0. The van der Waals surface area contributed by atoms with E-state index in [1.807, 2.05) is 11.1 Å². The van der Waals surface area contributed by atoms with E-state index in [1.165, 1.54) is 0 Å². The molecule has 2 aliphatic rings. The smallest absolute Gasteiger partial charge is 0.257 e. The first kappa shape index (κ1) is 19.5. The third-order valence-electron chi connectivity index (χ3n) is 6.19. The van der Waals surface area contributed by atoms with Crippen LogP contribution in [0.5, 0.6) is 5.75 Å². The van der Waals surface area contributed by atoms with E-state index < -0.39 is 0 Å². The zero-order chi connectivity index (χ0) is 20.2. The Morgan fingerprint density at radius 1 is 1.24 bits per heavy atom. The molecule has 29 heavy (non-hydrogen) atoms. The third-order valence-corrected chi connectivity index (χ3v) is 6.19. The van der Waals surface area contributed by atoms with Crippen molar-refractivity contribution in [3.63, 3.8) is 0 Å². The van der Waals surface area contributed by atoms with Gasteiger partial charge in [0.1, 0.15) is 5.75 Å². The van der Waals surface area contributed by atoms with Crippen molar-refractivity contribution in [2.24, 2.45) is 5.92 Å². The van der Waals surface area contributed by atoms with Crippen LogP contribution in [0, 0.1) is 5.92 Å². The second kappa shape index (κ2) is 8.68. The molecule has 2 amide bonds. The topological polar surface area (TPSA) is 98.3 Å². The van der Waals surface area contributed by atoms with Crippen LogP contribution in [0.3, 0.4) is 0 Å². The summed E-state index contributed by atoms with van der Waals surface area (Å²) in [5.41, 5.74) is 2.64. The zero-order valence-electron chi connectivity index (χ0n) is 16.6. The number of hydrogen-bond acceptors (Lipinski definition) is 4. The van der Waals surface area contributed by atoms with Gasteiger partial charge in [-0.3, -0.25) is 14.7 Å². The van der Waals surface area contributed by atoms with Crippen LogP contribution < -0.4 is 5.32 Å². The highest BCUT2D eigenvalue weighted by Gasteiger charge is 2.29. The van der Waals surface area contributed by atoms with Crippen molar-refractivity contribution >= 4 is 11.8 Å². The number of phenolic OH excluding ortho intramolecular Hbond substituents is 1. The van der Waals surface area contributed by atoms with Crippen LogP contribution in [0.1, 0.15) is 53.7 Å². The molecule has 2 heterocycles. The van der Waals surface area contributed by atoms with E-state index in [-0.39, 0.29) is 29.5 Å². The number of rotatable bonds is 5. The van der Waals surface area contributed by atoms with Crippen molar-refractivity contribution in [2.45, 2.75) is 51.0 Å². The second-order valence-electron chi connectivity index (χ2n) is 8.06. The molecular weight excluding hydrogens is 368 g/mol. The summed E-state index contributed by atoms with van der Waals surface area (Å²) in [6, 6.07) is 6.78. The average molecular weight is 396 g/mol. The van der Waals surface area contributed by atoms with Crippen molar-refractivity contribution in [2.75, 3.05) is 13.1 Å². The second-order valence-corrected chi connectivity index (χ2v) is 8.06. The summed E-state index contributed by atoms with van der Waals surface area (Å²) in [5, 5.41) is 20.2. The molecule has 0 spiro atoms. The summed E-state index contributed by atoms with van der Waals surface area (Å²) in [4.78, 5) is 27.4. The number of benzene rings is 1. The Morgan fingerprint density at radius 2 is 2.10 bits per heavy atom. The van der Waals surface area contributed by atoms with Gasteiger partial charge in [0.25, 0.3) is 5.91 Å². The molecule has 3 N–H and O–H groups in total. The summed E-state index contributed by atoms with van der Waals surface area (Å²) in [6.07, 6.45) is 7.96. The Balaban J connectivity index is 1.31. The molecule has 0 bridgehead atoms. The van der Waals surface area contributed by atoms with Gasteiger partial charge >= 0.3 is 0 Å². The van der Waals surface area contributed by atoms with E-state index in [0.717, 1.165) is 56.2 Å². The number of aryl methyl sites for hydroxylation is 1. The highest BCUT2D eigenvalue weighted by molar-refractivity contribution is 5.97. The van der Waals surface area contributed by atoms with Crippen LogP contribution in [0.2, 0.25) is 0 Å². The number of aromatic hydroxyl groups is 1. The minimum Gasteiger partial charge on any atom is -0.507 e. The summed E-state index contributed by atoms with van der Waals surface area (Å²) in [7, 11) is 0. The molecule has 0 saturated carbocycles. The molecular formula is C22H28N4O3. The molecule has 2 aromatic rings. The standard InChI is InChI=1S/C22H28N4O3/c27-20-7-2-1-6-18(20)22(29)26-12-4-3-5-17(26)10-11-23-21(28)15-8-9-19-16(13-15)14-24-25-19/h1-2,6-7,14-15,17,27H,3-5,8-13H2,(H,23,28)(H,24,25). The van der Waals surface area contributed by atoms with E-state index in [0.29, 0.717) is 18.7 Å². The quantitative estimate of drug-likeness (QED) is 0.723. The van der Waals surface area contributed by atoms with Crippen molar-refractivity contribution in [3.8, 4) is 5.75 Å². The monoisotopic (exact) mass is 396 g/mol. The van der Waals surface area contributed by atoms with Crippen molar-refractivity contribution < 1.29 is 14.7 Å². The van der Waals surface area contributed by atoms with Crippen LogP contribution >= 0.6 is 0 Å². The summed E-state index contributed by atoms with van der Waals surface area (Å²) in [5.74, 6) is -0.0263. The number of fused-ring (bicyclic) bond motifs is 1. The first-order valence-corrected chi connectivity index (χ1v) is 10.5. The van der Waals surface area contributed by atoms with Gasteiger partial charge in [0, 0.05) is 30.7 Å². The number of nitrogens with zero attached hydrogens (tertiary/aromatic N) is 2. The predicted octanol–water partition coefficient (Wildman–Crippen LogP) is 2.42. The molecule has 0 radical (unpaired) electrons. The van der Waals surface area contributed by atoms with Crippen LogP contribution in [0.25, 0.3) is 0 Å². The SMILES string of the molecule is O=C(NCCC1CCCCN1C(=O)c1ccccc1O)C1CCc2[nH]ncc2C1. The lowest BCUT2D eigenvalue weighted by Crippen LogP contribution is -2.45. The summed E-state index contributed by atoms with van der Waals surface area (Å²) < 4.78 is 0. The fraction of sp³-hybridized carbons (Fsp3) is 0.500. The van der Waals surface area contributed by atoms with Gasteiger partial charge in [-0.15, -0.1) is 0 Å². The maximum Gasteiger partial charge on any atom is 0.257 e. The average Bonchev–Trinajstić information content (AvgIpc) is 3.22. The predicted molar refractivity (Wildman–Crippen MR) is 109 cm³/mol. The normalized spacial score (nSPS) is 21.4. The number of carbonyl (C=O) groups excluding carboxylic acids is 2. The summed E-state index contributed by atoms with van der Waals surface area (Å²) in [6.45, 7) is 1.25. The number of para-hydroxylation sites is 1. The molecule has 154 valence electrons. The number of carbonyl (C=O) groups is 2. The number of nitrogens with one attached hydrogen (secondary N) is 2. The lowest BCUT2D eigenvalue weighted by Gasteiger charge is -2.36. The Kier molecular flexibility index (Phi) is 5.83. The number of phenols is 1. The maximum absolute atomic E-state index is 12.9. The van der Waals surface area contributed by atoms with Crippen LogP contribution in [-0.4, -0.2) is 51.1 Å².